The second-order valence-corrected chi connectivity index (χ2v) is 5.60. The summed E-state index contributed by atoms with van der Waals surface area (Å²) in [6.45, 7) is 7.05. The molecule has 1 rings (SSSR count). The Balaban J connectivity index is 2.95. The van der Waals surface area contributed by atoms with Gasteiger partial charge in [0.15, 0.2) is 0 Å². The third-order valence-corrected chi connectivity index (χ3v) is 3.63. The maximum atomic E-state index is 9.61. The first kappa shape index (κ1) is 15.5. The summed E-state index contributed by atoms with van der Waals surface area (Å²) < 4.78 is 0.921. The van der Waals surface area contributed by atoms with Gasteiger partial charge in [-0.25, -0.2) is 0 Å². The van der Waals surface area contributed by atoms with Crippen molar-refractivity contribution in [3.63, 3.8) is 0 Å². The summed E-state index contributed by atoms with van der Waals surface area (Å²) in [4.78, 5) is 2.24. The van der Waals surface area contributed by atoms with Gasteiger partial charge in [0.2, 0.25) is 0 Å². The number of rotatable bonds is 6. The van der Waals surface area contributed by atoms with Gasteiger partial charge in [-0.2, -0.15) is 0 Å². The lowest BCUT2D eigenvalue weighted by Crippen LogP contribution is -2.32. The summed E-state index contributed by atoms with van der Waals surface area (Å²) in [7, 11) is 0. The SMILES string of the molecule is CC(C)N(CCCO)c1ccc([C@@H](C)O)c(Br)c1. The molecule has 0 radical (unpaired) electrons. The van der Waals surface area contributed by atoms with E-state index in [1.54, 1.807) is 6.92 Å². The summed E-state index contributed by atoms with van der Waals surface area (Å²) in [6.07, 6.45) is 0.284. The first-order valence-corrected chi connectivity index (χ1v) is 7.11. The highest BCUT2D eigenvalue weighted by atomic mass is 79.9. The molecule has 0 unspecified atom stereocenters. The Kier molecular flexibility index (Phi) is 6.12. The van der Waals surface area contributed by atoms with E-state index in [1.165, 1.54) is 0 Å². The van der Waals surface area contributed by atoms with Crippen molar-refractivity contribution >= 4 is 21.6 Å². The first-order valence-electron chi connectivity index (χ1n) is 6.32. The monoisotopic (exact) mass is 315 g/mol. The van der Waals surface area contributed by atoms with E-state index in [9.17, 15) is 5.11 Å². The molecule has 102 valence electrons. The van der Waals surface area contributed by atoms with Crippen LogP contribution in [-0.4, -0.2) is 29.4 Å². The van der Waals surface area contributed by atoms with E-state index in [0.29, 0.717) is 6.04 Å². The van der Waals surface area contributed by atoms with Gasteiger partial charge in [0, 0.05) is 29.4 Å². The van der Waals surface area contributed by atoms with Gasteiger partial charge < -0.3 is 15.1 Å². The zero-order valence-electron chi connectivity index (χ0n) is 11.2. The molecular formula is C14H22BrNO2. The fraction of sp³-hybridized carbons (Fsp3) is 0.571. The van der Waals surface area contributed by atoms with E-state index >= 15 is 0 Å². The van der Waals surface area contributed by atoms with Gasteiger partial charge in [-0.1, -0.05) is 22.0 Å². The number of anilines is 1. The van der Waals surface area contributed by atoms with Crippen LogP contribution < -0.4 is 4.90 Å². The second kappa shape index (κ2) is 7.12. The Hall–Kier alpha value is -0.580. The standard InChI is InChI=1S/C14H22BrNO2/c1-10(2)16(7-4-8-17)12-5-6-13(11(3)18)14(15)9-12/h5-6,9-11,17-18H,4,7-8H2,1-3H3/t11-/m1/s1. The average molecular weight is 316 g/mol. The molecule has 0 spiro atoms. The smallest absolute Gasteiger partial charge is 0.0772 e. The van der Waals surface area contributed by atoms with Crippen LogP contribution >= 0.6 is 15.9 Å². The van der Waals surface area contributed by atoms with Gasteiger partial charge in [-0.3, -0.25) is 0 Å². The summed E-state index contributed by atoms with van der Waals surface area (Å²) in [5.74, 6) is 0. The van der Waals surface area contributed by atoms with E-state index in [4.69, 9.17) is 5.11 Å². The maximum absolute atomic E-state index is 9.61. The van der Waals surface area contributed by atoms with Crippen molar-refractivity contribution in [1.29, 1.82) is 0 Å². The lowest BCUT2D eigenvalue weighted by Gasteiger charge is -2.29. The molecule has 2 N–H and O–H groups in total. The molecule has 0 heterocycles. The number of aliphatic hydroxyl groups excluding tert-OH is 2. The minimum atomic E-state index is -0.474. The zero-order chi connectivity index (χ0) is 13.7. The third kappa shape index (κ3) is 3.97. The zero-order valence-corrected chi connectivity index (χ0v) is 12.8. The first-order chi connectivity index (χ1) is 8.47. The van der Waals surface area contributed by atoms with Crippen LogP contribution in [0.4, 0.5) is 5.69 Å². The maximum Gasteiger partial charge on any atom is 0.0772 e. The Morgan fingerprint density at radius 2 is 1.94 bits per heavy atom. The predicted octanol–water partition coefficient (Wildman–Crippen LogP) is 3.10. The van der Waals surface area contributed by atoms with E-state index in [0.717, 1.165) is 28.7 Å². The predicted molar refractivity (Wildman–Crippen MR) is 79.0 cm³/mol. The Morgan fingerprint density at radius 3 is 2.39 bits per heavy atom. The molecular weight excluding hydrogens is 294 g/mol. The molecule has 3 nitrogen and oxygen atoms in total. The molecule has 0 saturated carbocycles. The molecule has 0 aliphatic heterocycles. The highest BCUT2D eigenvalue weighted by molar-refractivity contribution is 9.10. The Morgan fingerprint density at radius 1 is 1.28 bits per heavy atom. The molecule has 4 heteroatoms. The number of hydrogen-bond acceptors (Lipinski definition) is 3. The highest BCUT2D eigenvalue weighted by Crippen LogP contribution is 2.29. The van der Waals surface area contributed by atoms with Crippen molar-refractivity contribution in [2.75, 3.05) is 18.1 Å². The fourth-order valence-corrected chi connectivity index (χ4v) is 2.66. The van der Waals surface area contributed by atoms with E-state index in [-0.39, 0.29) is 6.61 Å². The van der Waals surface area contributed by atoms with Gasteiger partial charge in [-0.05, 0) is 44.9 Å². The van der Waals surface area contributed by atoms with Gasteiger partial charge in [0.1, 0.15) is 0 Å². The number of hydrogen-bond donors (Lipinski definition) is 2. The van der Waals surface area contributed by atoms with Gasteiger partial charge in [0.25, 0.3) is 0 Å². The van der Waals surface area contributed by atoms with Gasteiger partial charge in [0.05, 0.1) is 6.10 Å². The minimum Gasteiger partial charge on any atom is -0.396 e. The number of benzene rings is 1. The molecule has 0 aromatic heterocycles. The molecule has 0 bridgehead atoms. The quantitative estimate of drug-likeness (QED) is 0.847. The minimum absolute atomic E-state index is 0.205. The largest absolute Gasteiger partial charge is 0.396 e. The van der Waals surface area contributed by atoms with Crippen LogP contribution in [0.2, 0.25) is 0 Å². The van der Waals surface area contributed by atoms with Crippen molar-refractivity contribution in [1.82, 2.24) is 0 Å². The summed E-state index contributed by atoms with van der Waals surface area (Å²) >= 11 is 3.50. The van der Waals surface area contributed by atoms with Crippen LogP contribution in [0.1, 0.15) is 38.9 Å². The molecule has 0 aliphatic carbocycles. The molecule has 1 aromatic carbocycles. The Bertz CT molecular complexity index is 380. The van der Waals surface area contributed by atoms with Gasteiger partial charge in [-0.15, -0.1) is 0 Å². The van der Waals surface area contributed by atoms with Crippen LogP contribution in [0.5, 0.6) is 0 Å². The van der Waals surface area contributed by atoms with Crippen LogP contribution in [0.3, 0.4) is 0 Å². The van der Waals surface area contributed by atoms with Crippen molar-refractivity contribution in [3.8, 4) is 0 Å². The molecule has 0 saturated heterocycles. The van der Waals surface area contributed by atoms with Crippen LogP contribution in [0.15, 0.2) is 22.7 Å². The van der Waals surface area contributed by atoms with Gasteiger partial charge >= 0.3 is 0 Å². The fourth-order valence-electron chi connectivity index (χ4n) is 1.96. The topological polar surface area (TPSA) is 43.7 Å². The summed E-state index contributed by atoms with van der Waals surface area (Å²) in [5, 5.41) is 18.6. The molecule has 0 aliphatic rings. The summed E-state index contributed by atoms with van der Waals surface area (Å²) in [5.41, 5.74) is 2.00. The number of aliphatic hydroxyl groups is 2. The van der Waals surface area contributed by atoms with Crippen molar-refractivity contribution in [2.45, 2.75) is 39.3 Å². The van der Waals surface area contributed by atoms with Crippen molar-refractivity contribution in [2.24, 2.45) is 0 Å². The lowest BCUT2D eigenvalue weighted by molar-refractivity contribution is 0.198. The van der Waals surface area contributed by atoms with Crippen LogP contribution in [0, 0.1) is 0 Å². The van der Waals surface area contributed by atoms with Crippen molar-refractivity contribution < 1.29 is 10.2 Å². The normalized spacial score (nSPS) is 12.8. The summed E-state index contributed by atoms with van der Waals surface area (Å²) in [6, 6.07) is 6.36. The number of halogens is 1. The molecule has 0 amide bonds. The number of nitrogens with zero attached hydrogens (tertiary/aromatic N) is 1. The lowest BCUT2D eigenvalue weighted by atomic mass is 10.1. The molecule has 18 heavy (non-hydrogen) atoms. The second-order valence-electron chi connectivity index (χ2n) is 4.75. The molecule has 1 atom stereocenters. The van der Waals surface area contributed by atoms with E-state index < -0.39 is 6.10 Å². The van der Waals surface area contributed by atoms with Crippen molar-refractivity contribution in [3.05, 3.63) is 28.2 Å². The molecule has 1 aromatic rings. The Labute approximate surface area is 118 Å². The van der Waals surface area contributed by atoms with E-state index in [2.05, 4.69) is 34.7 Å². The molecule has 0 fully saturated rings. The van der Waals surface area contributed by atoms with Crippen LogP contribution in [-0.2, 0) is 0 Å². The highest BCUT2D eigenvalue weighted by Gasteiger charge is 2.13. The van der Waals surface area contributed by atoms with E-state index in [1.807, 2.05) is 18.2 Å². The third-order valence-electron chi connectivity index (χ3n) is 2.95. The van der Waals surface area contributed by atoms with Crippen LogP contribution in [0.25, 0.3) is 0 Å². The average Bonchev–Trinajstić information content (AvgIpc) is 2.28.